The number of likely N-dealkylation sites (tertiary alicyclic amines) is 1. The molecule has 7 heteroatoms. The second kappa shape index (κ2) is 9.77. The van der Waals surface area contributed by atoms with Crippen LogP contribution in [0.2, 0.25) is 0 Å². The SMILES string of the molecule is COc1ccccc1[C@@H]1C(=C(O)c2cc(C)ccc2C)C(=O)C(=O)N1CCN1CCOCC1. The molecule has 2 saturated heterocycles. The summed E-state index contributed by atoms with van der Waals surface area (Å²) in [4.78, 5) is 30.3. The van der Waals surface area contributed by atoms with Gasteiger partial charge < -0.3 is 19.5 Å². The fourth-order valence-corrected chi connectivity index (χ4v) is 4.54. The van der Waals surface area contributed by atoms with Crippen LogP contribution in [0.4, 0.5) is 0 Å². The Bertz CT molecular complexity index is 1090. The monoisotopic (exact) mass is 450 g/mol. The van der Waals surface area contributed by atoms with Crippen LogP contribution >= 0.6 is 0 Å². The third-order valence-corrected chi connectivity index (χ3v) is 6.38. The van der Waals surface area contributed by atoms with Gasteiger partial charge >= 0.3 is 0 Å². The summed E-state index contributed by atoms with van der Waals surface area (Å²) in [6, 6.07) is 12.3. The molecule has 33 heavy (non-hydrogen) atoms. The van der Waals surface area contributed by atoms with Crippen molar-refractivity contribution >= 4 is 17.4 Å². The van der Waals surface area contributed by atoms with Crippen molar-refractivity contribution in [3.8, 4) is 5.75 Å². The molecule has 0 aliphatic carbocycles. The predicted octanol–water partition coefficient (Wildman–Crippen LogP) is 3.07. The number of carbonyl (C=O) groups is 2. The summed E-state index contributed by atoms with van der Waals surface area (Å²) in [6.07, 6.45) is 0. The summed E-state index contributed by atoms with van der Waals surface area (Å²) in [7, 11) is 1.56. The third-order valence-electron chi connectivity index (χ3n) is 6.38. The summed E-state index contributed by atoms with van der Waals surface area (Å²) >= 11 is 0. The highest BCUT2D eigenvalue weighted by atomic mass is 16.5. The van der Waals surface area contributed by atoms with Crippen molar-refractivity contribution in [2.45, 2.75) is 19.9 Å². The zero-order chi connectivity index (χ0) is 23.5. The van der Waals surface area contributed by atoms with Crippen molar-refractivity contribution in [3.63, 3.8) is 0 Å². The smallest absolute Gasteiger partial charge is 0.295 e. The van der Waals surface area contributed by atoms with Gasteiger partial charge in [-0.2, -0.15) is 0 Å². The Labute approximate surface area is 194 Å². The highest BCUT2D eigenvalue weighted by Gasteiger charge is 2.47. The highest BCUT2D eigenvalue weighted by Crippen LogP contribution is 2.42. The third kappa shape index (κ3) is 4.51. The summed E-state index contributed by atoms with van der Waals surface area (Å²) in [5.41, 5.74) is 3.11. The van der Waals surface area contributed by atoms with E-state index in [-0.39, 0.29) is 11.3 Å². The van der Waals surface area contributed by atoms with E-state index < -0.39 is 17.7 Å². The van der Waals surface area contributed by atoms with Gasteiger partial charge in [-0.25, -0.2) is 0 Å². The molecule has 2 aliphatic heterocycles. The number of hydrogen-bond donors (Lipinski definition) is 1. The maximum atomic E-state index is 13.3. The van der Waals surface area contributed by atoms with Gasteiger partial charge in [-0.05, 0) is 31.5 Å². The largest absolute Gasteiger partial charge is 0.507 e. The van der Waals surface area contributed by atoms with Gasteiger partial charge in [-0.3, -0.25) is 14.5 Å². The van der Waals surface area contributed by atoms with E-state index in [0.29, 0.717) is 43.2 Å². The first-order valence-corrected chi connectivity index (χ1v) is 11.2. The van der Waals surface area contributed by atoms with Gasteiger partial charge in [0.15, 0.2) is 0 Å². The first-order valence-electron chi connectivity index (χ1n) is 11.2. The summed E-state index contributed by atoms with van der Waals surface area (Å²) in [6.45, 7) is 7.65. The summed E-state index contributed by atoms with van der Waals surface area (Å²) in [5.74, 6) is -0.871. The van der Waals surface area contributed by atoms with Crippen LogP contribution in [0.15, 0.2) is 48.0 Å². The minimum absolute atomic E-state index is 0.0974. The molecule has 0 bridgehead atoms. The molecular weight excluding hydrogens is 420 g/mol. The van der Waals surface area contributed by atoms with E-state index >= 15 is 0 Å². The molecular formula is C26H30N2O5. The quantitative estimate of drug-likeness (QED) is 0.414. The maximum absolute atomic E-state index is 13.3. The molecule has 1 amide bonds. The number of methoxy groups -OCH3 is 1. The van der Waals surface area contributed by atoms with Crippen molar-refractivity contribution in [1.82, 2.24) is 9.80 Å². The Kier molecular flexibility index (Phi) is 6.81. The fourth-order valence-electron chi connectivity index (χ4n) is 4.54. The summed E-state index contributed by atoms with van der Waals surface area (Å²) < 4.78 is 11.0. The molecule has 2 aromatic carbocycles. The number of para-hydroxylation sites is 1. The molecule has 2 aliphatic rings. The molecule has 7 nitrogen and oxygen atoms in total. The second-order valence-corrected chi connectivity index (χ2v) is 8.51. The molecule has 1 N–H and O–H groups in total. The Balaban J connectivity index is 1.81. The molecule has 0 saturated carbocycles. The van der Waals surface area contributed by atoms with Crippen LogP contribution < -0.4 is 4.74 Å². The fraction of sp³-hybridized carbons (Fsp3) is 0.385. The molecule has 2 aromatic rings. The van der Waals surface area contributed by atoms with Gasteiger partial charge in [0.2, 0.25) is 0 Å². The van der Waals surface area contributed by atoms with Gasteiger partial charge in [-0.1, -0.05) is 35.9 Å². The highest BCUT2D eigenvalue weighted by molar-refractivity contribution is 6.46. The molecule has 2 heterocycles. The number of benzene rings is 2. The van der Waals surface area contributed by atoms with Gasteiger partial charge in [0.05, 0.1) is 31.9 Å². The lowest BCUT2D eigenvalue weighted by Crippen LogP contribution is -2.42. The number of aryl methyl sites for hydroxylation is 2. The number of aliphatic hydroxyl groups excluding tert-OH is 1. The summed E-state index contributed by atoms with van der Waals surface area (Å²) in [5, 5.41) is 11.4. The molecule has 0 unspecified atom stereocenters. The molecule has 0 spiro atoms. The Morgan fingerprint density at radius 3 is 2.55 bits per heavy atom. The van der Waals surface area contributed by atoms with Crippen LogP contribution in [0.1, 0.15) is 28.3 Å². The van der Waals surface area contributed by atoms with E-state index in [0.717, 1.165) is 24.2 Å². The van der Waals surface area contributed by atoms with Crippen molar-refractivity contribution < 1.29 is 24.2 Å². The van der Waals surface area contributed by atoms with Crippen LogP contribution in [-0.2, 0) is 14.3 Å². The minimum Gasteiger partial charge on any atom is -0.507 e. The lowest BCUT2D eigenvalue weighted by Gasteiger charge is -2.31. The van der Waals surface area contributed by atoms with Crippen molar-refractivity contribution in [1.29, 1.82) is 0 Å². The van der Waals surface area contributed by atoms with Gasteiger partial charge in [-0.15, -0.1) is 0 Å². The number of amides is 1. The van der Waals surface area contributed by atoms with Crippen LogP contribution in [-0.4, -0.2) is 73.1 Å². The van der Waals surface area contributed by atoms with E-state index in [9.17, 15) is 14.7 Å². The van der Waals surface area contributed by atoms with Crippen LogP contribution in [0.25, 0.3) is 5.76 Å². The normalized spacial score (nSPS) is 20.9. The van der Waals surface area contributed by atoms with Gasteiger partial charge in [0.25, 0.3) is 11.7 Å². The molecule has 1 atom stereocenters. The number of aliphatic hydroxyl groups is 1. The number of ketones is 1. The zero-order valence-corrected chi connectivity index (χ0v) is 19.3. The molecule has 4 rings (SSSR count). The number of ether oxygens (including phenoxy) is 2. The molecule has 0 aromatic heterocycles. The lowest BCUT2D eigenvalue weighted by atomic mass is 9.93. The van der Waals surface area contributed by atoms with Crippen LogP contribution in [0.5, 0.6) is 5.75 Å². The first kappa shape index (κ1) is 23.0. The lowest BCUT2D eigenvalue weighted by molar-refractivity contribution is -0.140. The Morgan fingerprint density at radius 2 is 1.82 bits per heavy atom. The van der Waals surface area contributed by atoms with E-state index in [1.54, 1.807) is 18.1 Å². The van der Waals surface area contributed by atoms with E-state index in [1.807, 2.05) is 50.2 Å². The van der Waals surface area contributed by atoms with Crippen LogP contribution in [0.3, 0.4) is 0 Å². The predicted molar refractivity (Wildman–Crippen MR) is 125 cm³/mol. The second-order valence-electron chi connectivity index (χ2n) is 8.51. The van der Waals surface area contributed by atoms with Crippen molar-refractivity contribution in [3.05, 3.63) is 70.3 Å². The maximum Gasteiger partial charge on any atom is 0.295 e. The number of hydrogen-bond acceptors (Lipinski definition) is 6. The number of nitrogens with zero attached hydrogens (tertiary/aromatic N) is 2. The van der Waals surface area contributed by atoms with Crippen molar-refractivity contribution in [2.24, 2.45) is 0 Å². The van der Waals surface area contributed by atoms with Crippen LogP contribution in [0, 0.1) is 13.8 Å². The molecule has 174 valence electrons. The number of morpholine rings is 1. The van der Waals surface area contributed by atoms with E-state index in [1.165, 1.54) is 0 Å². The topological polar surface area (TPSA) is 79.3 Å². The first-order chi connectivity index (χ1) is 15.9. The Hall–Kier alpha value is -3.16. The van der Waals surface area contributed by atoms with Gasteiger partial charge in [0.1, 0.15) is 11.5 Å². The van der Waals surface area contributed by atoms with E-state index in [4.69, 9.17) is 9.47 Å². The average molecular weight is 451 g/mol. The number of Topliss-reactive ketones (excluding diaryl/α,β-unsaturated/α-hetero) is 1. The standard InChI is InChI=1S/C26H30N2O5/c1-17-8-9-18(2)20(16-17)24(29)22-23(19-6-4-5-7-21(19)32-3)28(26(31)25(22)30)11-10-27-12-14-33-15-13-27/h4-9,16,23,29H,10-15H2,1-3H3/t23-/m1/s1. The molecule has 0 radical (unpaired) electrons. The Morgan fingerprint density at radius 1 is 1.09 bits per heavy atom. The van der Waals surface area contributed by atoms with Gasteiger partial charge in [0, 0.05) is 37.3 Å². The average Bonchev–Trinajstić information content (AvgIpc) is 3.09. The minimum atomic E-state index is -0.734. The number of rotatable bonds is 6. The van der Waals surface area contributed by atoms with E-state index in [2.05, 4.69) is 4.90 Å². The molecule has 2 fully saturated rings. The van der Waals surface area contributed by atoms with Crippen molar-refractivity contribution in [2.75, 3.05) is 46.5 Å². The zero-order valence-electron chi connectivity index (χ0n) is 19.3. The number of carbonyl (C=O) groups excluding carboxylic acids is 2.